The van der Waals surface area contributed by atoms with Gasteiger partial charge in [-0.2, -0.15) is 5.10 Å². The molecule has 0 fully saturated rings. The highest BCUT2D eigenvalue weighted by Gasteiger charge is 2.19. The van der Waals surface area contributed by atoms with Gasteiger partial charge in [0.05, 0.1) is 16.1 Å². The highest BCUT2D eigenvalue weighted by molar-refractivity contribution is 7.18. The van der Waals surface area contributed by atoms with Crippen LogP contribution in [0.1, 0.15) is 5.69 Å². The maximum absolute atomic E-state index is 5.61. The van der Waals surface area contributed by atoms with Gasteiger partial charge >= 0.3 is 0 Å². The molecule has 4 N–H and O–H groups in total. The van der Waals surface area contributed by atoms with Gasteiger partial charge in [-0.1, -0.05) is 55.1 Å². The van der Waals surface area contributed by atoms with E-state index in [-0.39, 0.29) is 0 Å². The molecule has 2 heterocycles. The van der Waals surface area contributed by atoms with Crippen molar-refractivity contribution in [1.82, 2.24) is 20.5 Å². The summed E-state index contributed by atoms with van der Waals surface area (Å²) in [6.07, 6.45) is 0. The number of nitrogens with two attached hydrogens (primary N) is 1. The van der Waals surface area contributed by atoms with Gasteiger partial charge in [0.15, 0.2) is 0 Å². The number of hydrogen-bond donors (Lipinski definition) is 3. The van der Waals surface area contributed by atoms with Crippen LogP contribution in [0.4, 0.5) is 0 Å². The van der Waals surface area contributed by atoms with E-state index >= 15 is 0 Å². The molecule has 0 saturated heterocycles. The Labute approximate surface area is 155 Å². The third kappa shape index (κ3) is 3.00. The number of thiazole rings is 1. The Morgan fingerprint density at radius 3 is 2.69 bits per heavy atom. The molecule has 0 aliphatic carbocycles. The topological polar surface area (TPSA) is 79.6 Å². The molecule has 6 heteroatoms. The van der Waals surface area contributed by atoms with Gasteiger partial charge in [0, 0.05) is 18.5 Å². The average Bonchev–Trinajstić information content (AvgIpc) is 3.31. The molecule has 4 rings (SSSR count). The van der Waals surface area contributed by atoms with Crippen LogP contribution in [0.25, 0.3) is 37.7 Å². The molecule has 130 valence electrons. The molecule has 0 atom stereocenters. The minimum atomic E-state index is 0.542. The predicted octanol–water partition coefficient (Wildman–Crippen LogP) is 3.87. The molecule has 2 aromatic heterocycles. The van der Waals surface area contributed by atoms with Gasteiger partial charge in [-0.25, -0.2) is 4.98 Å². The van der Waals surface area contributed by atoms with Crippen LogP contribution in [-0.4, -0.2) is 28.3 Å². The first-order chi connectivity index (χ1) is 12.8. The van der Waals surface area contributed by atoms with Crippen LogP contribution in [0.2, 0.25) is 0 Å². The quantitative estimate of drug-likeness (QED) is 0.487. The van der Waals surface area contributed by atoms with E-state index in [9.17, 15) is 0 Å². The smallest absolute Gasteiger partial charge is 0.145 e. The Kier molecular flexibility index (Phi) is 4.51. The Morgan fingerprint density at radius 1 is 1.12 bits per heavy atom. The van der Waals surface area contributed by atoms with Gasteiger partial charge in [-0.3, -0.25) is 5.10 Å². The van der Waals surface area contributed by atoms with Crippen LogP contribution in [0.15, 0.2) is 61.2 Å². The molecule has 4 aromatic rings. The average molecular weight is 361 g/mol. The van der Waals surface area contributed by atoms with Gasteiger partial charge in [-0.15, -0.1) is 11.3 Å². The molecule has 0 spiro atoms. The highest BCUT2D eigenvalue weighted by Crippen LogP contribution is 2.38. The van der Waals surface area contributed by atoms with Crippen LogP contribution in [0, 0.1) is 0 Å². The van der Waals surface area contributed by atoms with Crippen molar-refractivity contribution in [3.05, 3.63) is 66.9 Å². The van der Waals surface area contributed by atoms with Crippen LogP contribution in [0.3, 0.4) is 0 Å². The Bertz CT molecular complexity index is 1050. The first-order valence-corrected chi connectivity index (χ1v) is 9.22. The zero-order valence-corrected chi connectivity index (χ0v) is 15.0. The van der Waals surface area contributed by atoms with Crippen molar-refractivity contribution in [3.8, 4) is 21.1 Å². The van der Waals surface area contributed by atoms with E-state index in [1.807, 2.05) is 36.4 Å². The SMILES string of the molecule is C=C(NCCN)c1nc(-c2n[nH]c3ccccc23)sc1-c1ccccc1. The summed E-state index contributed by atoms with van der Waals surface area (Å²) in [5, 5.41) is 12.8. The van der Waals surface area contributed by atoms with E-state index in [0.29, 0.717) is 13.1 Å². The summed E-state index contributed by atoms with van der Waals surface area (Å²) < 4.78 is 0. The van der Waals surface area contributed by atoms with Crippen LogP contribution < -0.4 is 11.1 Å². The minimum Gasteiger partial charge on any atom is -0.382 e. The molecule has 0 radical (unpaired) electrons. The standard InChI is InChI=1S/C20H19N5S/c1-13(22-12-11-21)17-19(14-7-3-2-4-8-14)26-20(23-17)18-15-9-5-6-10-16(15)24-25-18/h2-10,22H,1,11-12,21H2,(H,24,25). The second-order valence-electron chi connectivity index (χ2n) is 5.87. The van der Waals surface area contributed by atoms with E-state index in [1.54, 1.807) is 11.3 Å². The van der Waals surface area contributed by atoms with E-state index in [4.69, 9.17) is 10.7 Å². The summed E-state index contributed by atoms with van der Waals surface area (Å²) in [7, 11) is 0. The molecule has 5 nitrogen and oxygen atoms in total. The second kappa shape index (κ2) is 7.11. The van der Waals surface area contributed by atoms with Crippen molar-refractivity contribution in [2.75, 3.05) is 13.1 Å². The fourth-order valence-corrected chi connectivity index (χ4v) is 3.95. The molecule has 0 aliphatic rings. The fraction of sp³-hybridized carbons (Fsp3) is 0.100. The summed E-state index contributed by atoms with van der Waals surface area (Å²) >= 11 is 1.62. The lowest BCUT2D eigenvalue weighted by Gasteiger charge is -2.08. The maximum Gasteiger partial charge on any atom is 0.145 e. The molecular formula is C20H19N5S. The van der Waals surface area contributed by atoms with Gasteiger partial charge in [0.25, 0.3) is 0 Å². The lowest BCUT2D eigenvalue weighted by Crippen LogP contribution is -2.21. The third-order valence-corrected chi connectivity index (χ3v) is 5.22. The highest BCUT2D eigenvalue weighted by atomic mass is 32.1. The lowest BCUT2D eigenvalue weighted by molar-refractivity contribution is 0.856. The number of aromatic nitrogens is 3. The van der Waals surface area contributed by atoms with Crippen molar-refractivity contribution in [1.29, 1.82) is 0 Å². The molecule has 2 aromatic carbocycles. The fourth-order valence-electron chi connectivity index (χ4n) is 2.84. The Balaban J connectivity index is 1.84. The molecule has 0 saturated carbocycles. The van der Waals surface area contributed by atoms with Gasteiger partial charge in [0.1, 0.15) is 16.4 Å². The molecule has 0 bridgehead atoms. The normalized spacial score (nSPS) is 11.0. The monoisotopic (exact) mass is 361 g/mol. The van der Waals surface area contributed by atoms with Crippen molar-refractivity contribution in [3.63, 3.8) is 0 Å². The molecule has 0 amide bonds. The zero-order chi connectivity index (χ0) is 17.9. The summed E-state index contributed by atoms with van der Waals surface area (Å²) in [5.41, 5.74) is 10.2. The number of benzene rings is 2. The first-order valence-electron chi connectivity index (χ1n) is 8.41. The number of para-hydroxylation sites is 1. The molecule has 0 unspecified atom stereocenters. The first kappa shape index (κ1) is 16.5. The lowest BCUT2D eigenvalue weighted by atomic mass is 10.1. The molecular weight excluding hydrogens is 342 g/mol. The van der Waals surface area contributed by atoms with E-state index in [1.165, 1.54) is 0 Å². The summed E-state index contributed by atoms with van der Waals surface area (Å²) in [6, 6.07) is 18.3. The number of H-pyrrole nitrogens is 1. The van der Waals surface area contributed by atoms with E-state index in [2.05, 4.69) is 40.3 Å². The third-order valence-electron chi connectivity index (χ3n) is 4.10. The van der Waals surface area contributed by atoms with Crippen LogP contribution >= 0.6 is 11.3 Å². The minimum absolute atomic E-state index is 0.542. The summed E-state index contributed by atoms with van der Waals surface area (Å²) in [5.74, 6) is 0. The number of aromatic amines is 1. The van der Waals surface area contributed by atoms with Gasteiger partial charge < -0.3 is 11.1 Å². The van der Waals surface area contributed by atoms with Crippen molar-refractivity contribution in [2.24, 2.45) is 5.73 Å². The van der Waals surface area contributed by atoms with E-state index < -0.39 is 0 Å². The Hall–Kier alpha value is -2.96. The van der Waals surface area contributed by atoms with Crippen LogP contribution in [-0.2, 0) is 0 Å². The van der Waals surface area contributed by atoms with Crippen LogP contribution in [0.5, 0.6) is 0 Å². The van der Waals surface area contributed by atoms with Gasteiger partial charge in [-0.05, 0) is 11.6 Å². The second-order valence-corrected chi connectivity index (χ2v) is 6.87. The van der Waals surface area contributed by atoms with Crippen molar-refractivity contribution < 1.29 is 0 Å². The summed E-state index contributed by atoms with van der Waals surface area (Å²) in [6.45, 7) is 5.36. The zero-order valence-electron chi connectivity index (χ0n) is 14.2. The van der Waals surface area contributed by atoms with Crippen molar-refractivity contribution >= 4 is 27.9 Å². The van der Waals surface area contributed by atoms with E-state index in [0.717, 1.165) is 43.4 Å². The van der Waals surface area contributed by atoms with Crippen molar-refractivity contribution in [2.45, 2.75) is 0 Å². The predicted molar refractivity (Wildman–Crippen MR) is 109 cm³/mol. The van der Waals surface area contributed by atoms with Gasteiger partial charge in [0.2, 0.25) is 0 Å². The largest absolute Gasteiger partial charge is 0.382 e. The number of nitrogens with zero attached hydrogens (tertiary/aromatic N) is 2. The number of fused-ring (bicyclic) bond motifs is 1. The number of nitrogens with one attached hydrogen (secondary N) is 2. The maximum atomic E-state index is 5.61. The number of rotatable bonds is 6. The molecule has 26 heavy (non-hydrogen) atoms. The Morgan fingerprint density at radius 2 is 1.88 bits per heavy atom. The molecule has 0 aliphatic heterocycles. The number of hydrogen-bond acceptors (Lipinski definition) is 5. The summed E-state index contributed by atoms with van der Waals surface area (Å²) in [4.78, 5) is 5.94.